The summed E-state index contributed by atoms with van der Waals surface area (Å²) in [7, 11) is 1.79. The number of carbonyl (C=O) groups is 1. The smallest absolute Gasteiger partial charge is 0.347 e. The average molecular weight is 224 g/mol. The molecule has 2 aromatic rings. The van der Waals surface area contributed by atoms with Gasteiger partial charge in [-0.25, -0.2) is 9.78 Å². The van der Waals surface area contributed by atoms with E-state index in [0.717, 1.165) is 17.2 Å². The molecule has 0 aromatic carbocycles. The molecule has 2 rings (SSSR count). The molecule has 2 aromatic heterocycles. The Morgan fingerprint density at radius 1 is 1.67 bits per heavy atom. The zero-order valence-electron chi connectivity index (χ0n) is 7.84. The zero-order valence-corrected chi connectivity index (χ0v) is 8.65. The Morgan fingerprint density at radius 3 is 3.00 bits per heavy atom. The molecule has 6 nitrogen and oxygen atoms in total. The fraction of sp³-hybridized carbons (Fsp3) is 0.125. The number of nitrogens with zero attached hydrogens (tertiary/aromatic N) is 3. The van der Waals surface area contributed by atoms with E-state index < -0.39 is 5.97 Å². The van der Waals surface area contributed by atoms with Crippen LogP contribution in [0.5, 0.6) is 0 Å². The van der Waals surface area contributed by atoms with Crippen LogP contribution in [0.4, 0.5) is 10.9 Å². The largest absolute Gasteiger partial charge is 0.477 e. The van der Waals surface area contributed by atoms with Crippen LogP contribution in [-0.4, -0.2) is 25.8 Å². The lowest BCUT2D eigenvalue weighted by Gasteiger charge is -2.00. The second-order valence-electron chi connectivity index (χ2n) is 2.80. The van der Waals surface area contributed by atoms with Gasteiger partial charge in [0.1, 0.15) is 10.7 Å². The molecular weight excluding hydrogens is 216 g/mol. The topological polar surface area (TPSA) is 80.0 Å². The summed E-state index contributed by atoms with van der Waals surface area (Å²) in [6.45, 7) is 0. The number of rotatable bonds is 3. The van der Waals surface area contributed by atoms with Gasteiger partial charge in [-0.15, -0.1) is 0 Å². The summed E-state index contributed by atoms with van der Waals surface area (Å²) in [4.78, 5) is 14.8. The fourth-order valence-electron chi connectivity index (χ4n) is 1.04. The number of aromatic nitrogens is 3. The molecule has 0 amide bonds. The van der Waals surface area contributed by atoms with Crippen molar-refractivity contribution in [2.24, 2.45) is 7.05 Å². The monoisotopic (exact) mass is 224 g/mol. The molecule has 78 valence electrons. The van der Waals surface area contributed by atoms with E-state index in [1.54, 1.807) is 24.0 Å². The number of carboxylic acid groups (broad SMARTS) is 1. The maximum absolute atomic E-state index is 10.6. The zero-order chi connectivity index (χ0) is 10.8. The molecule has 0 unspecified atom stereocenters. The number of nitrogens with one attached hydrogen (secondary N) is 1. The number of hydrogen-bond donors (Lipinski definition) is 2. The molecule has 15 heavy (non-hydrogen) atoms. The molecule has 0 saturated carbocycles. The third kappa shape index (κ3) is 1.96. The van der Waals surface area contributed by atoms with Crippen LogP contribution in [0.2, 0.25) is 0 Å². The Hall–Kier alpha value is -1.89. The van der Waals surface area contributed by atoms with Crippen LogP contribution in [0.15, 0.2) is 18.5 Å². The van der Waals surface area contributed by atoms with E-state index in [1.807, 2.05) is 0 Å². The van der Waals surface area contributed by atoms with Crippen molar-refractivity contribution in [3.8, 4) is 0 Å². The van der Waals surface area contributed by atoms with Gasteiger partial charge in [-0.3, -0.25) is 4.68 Å². The molecular formula is C8H8N4O2S. The first kappa shape index (κ1) is 9.66. The van der Waals surface area contributed by atoms with Gasteiger partial charge in [0.2, 0.25) is 0 Å². The normalized spacial score (nSPS) is 10.2. The summed E-state index contributed by atoms with van der Waals surface area (Å²) < 4.78 is 1.64. The van der Waals surface area contributed by atoms with E-state index in [9.17, 15) is 4.79 Å². The number of carboxylic acids is 1. The Kier molecular flexibility index (Phi) is 2.38. The Labute approximate surface area is 89.2 Å². The van der Waals surface area contributed by atoms with Gasteiger partial charge >= 0.3 is 5.97 Å². The summed E-state index contributed by atoms with van der Waals surface area (Å²) in [5.74, 6) is -0.202. The molecule has 2 N–H and O–H groups in total. The quantitative estimate of drug-likeness (QED) is 0.821. The van der Waals surface area contributed by atoms with E-state index >= 15 is 0 Å². The fourth-order valence-corrected chi connectivity index (χ4v) is 1.70. The summed E-state index contributed by atoms with van der Waals surface area (Å²) in [6.07, 6.45) is 2.97. The van der Waals surface area contributed by atoms with Crippen LogP contribution >= 0.6 is 11.3 Å². The second-order valence-corrected chi connectivity index (χ2v) is 3.83. The molecule has 0 radical (unpaired) electrons. The lowest BCUT2D eigenvalue weighted by Crippen LogP contribution is -1.98. The first-order valence-corrected chi connectivity index (χ1v) is 4.92. The van der Waals surface area contributed by atoms with E-state index in [2.05, 4.69) is 15.4 Å². The van der Waals surface area contributed by atoms with E-state index in [0.29, 0.717) is 5.13 Å². The molecule has 0 aliphatic heterocycles. The highest BCUT2D eigenvalue weighted by atomic mass is 32.1. The maximum Gasteiger partial charge on any atom is 0.347 e. The summed E-state index contributed by atoms with van der Waals surface area (Å²) >= 11 is 1.09. The Bertz CT molecular complexity index is 490. The maximum atomic E-state index is 10.6. The minimum atomic E-state index is -0.967. The highest BCUT2D eigenvalue weighted by molar-refractivity contribution is 7.17. The number of hydrogen-bond acceptors (Lipinski definition) is 5. The van der Waals surface area contributed by atoms with Gasteiger partial charge < -0.3 is 10.4 Å². The van der Waals surface area contributed by atoms with Crippen molar-refractivity contribution in [1.29, 1.82) is 0 Å². The predicted molar refractivity (Wildman–Crippen MR) is 55.6 cm³/mol. The molecule has 0 spiro atoms. The molecule has 0 bridgehead atoms. The number of aromatic carboxylic acids is 1. The molecule has 0 aliphatic carbocycles. The first-order chi connectivity index (χ1) is 7.16. The summed E-state index contributed by atoms with van der Waals surface area (Å²) in [5, 5.41) is 16.2. The highest BCUT2D eigenvalue weighted by Gasteiger charge is 2.09. The number of anilines is 2. The summed E-state index contributed by atoms with van der Waals surface area (Å²) in [6, 6.07) is 1.78. The molecule has 0 aliphatic rings. The lowest BCUT2D eigenvalue weighted by atomic mass is 10.6. The van der Waals surface area contributed by atoms with Crippen molar-refractivity contribution in [3.05, 3.63) is 23.3 Å². The van der Waals surface area contributed by atoms with Crippen molar-refractivity contribution >= 4 is 28.3 Å². The van der Waals surface area contributed by atoms with Crippen molar-refractivity contribution in [2.45, 2.75) is 0 Å². The van der Waals surface area contributed by atoms with Crippen molar-refractivity contribution in [1.82, 2.24) is 14.8 Å². The van der Waals surface area contributed by atoms with Crippen LogP contribution in [0.3, 0.4) is 0 Å². The van der Waals surface area contributed by atoms with Gasteiger partial charge in [-0.1, -0.05) is 11.3 Å². The van der Waals surface area contributed by atoms with Crippen LogP contribution in [0.1, 0.15) is 9.67 Å². The van der Waals surface area contributed by atoms with Crippen molar-refractivity contribution < 1.29 is 9.90 Å². The third-order valence-corrected chi connectivity index (χ3v) is 2.67. The lowest BCUT2D eigenvalue weighted by molar-refractivity contribution is 0.0702. The molecule has 0 saturated heterocycles. The number of thiazole rings is 1. The van der Waals surface area contributed by atoms with Crippen LogP contribution in [0.25, 0.3) is 0 Å². The van der Waals surface area contributed by atoms with Crippen LogP contribution in [-0.2, 0) is 7.05 Å². The average Bonchev–Trinajstić information content (AvgIpc) is 2.77. The molecule has 0 atom stereocenters. The van der Waals surface area contributed by atoms with Gasteiger partial charge in [0.15, 0.2) is 5.13 Å². The molecule has 0 fully saturated rings. The SMILES string of the molecule is Cn1nccc1Nc1ncc(C(=O)O)s1. The summed E-state index contributed by atoms with van der Waals surface area (Å²) in [5.41, 5.74) is 0. The van der Waals surface area contributed by atoms with Crippen LogP contribution in [0, 0.1) is 0 Å². The Morgan fingerprint density at radius 2 is 2.47 bits per heavy atom. The predicted octanol–water partition coefficient (Wildman–Crippen LogP) is 1.32. The molecule has 2 heterocycles. The first-order valence-electron chi connectivity index (χ1n) is 4.11. The number of aryl methyl sites for hydroxylation is 1. The Balaban J connectivity index is 2.18. The van der Waals surface area contributed by atoms with E-state index in [4.69, 9.17) is 5.11 Å². The molecule has 7 heteroatoms. The highest BCUT2D eigenvalue weighted by Crippen LogP contribution is 2.21. The minimum Gasteiger partial charge on any atom is -0.477 e. The van der Waals surface area contributed by atoms with E-state index in [1.165, 1.54) is 6.20 Å². The van der Waals surface area contributed by atoms with E-state index in [-0.39, 0.29) is 4.88 Å². The van der Waals surface area contributed by atoms with Gasteiger partial charge in [-0.05, 0) is 0 Å². The van der Waals surface area contributed by atoms with Gasteiger partial charge in [0, 0.05) is 13.1 Å². The minimum absolute atomic E-state index is 0.208. The third-order valence-electron chi connectivity index (χ3n) is 1.77. The van der Waals surface area contributed by atoms with Gasteiger partial charge in [0.05, 0.1) is 12.4 Å². The van der Waals surface area contributed by atoms with Gasteiger partial charge in [-0.2, -0.15) is 5.10 Å². The van der Waals surface area contributed by atoms with Gasteiger partial charge in [0.25, 0.3) is 0 Å². The standard InChI is InChI=1S/C8H8N4O2S/c1-12-6(2-3-10-12)11-8-9-4-5(15-8)7(13)14/h2-4H,1H3,(H,9,11)(H,13,14). The second kappa shape index (κ2) is 3.70. The van der Waals surface area contributed by atoms with Crippen molar-refractivity contribution in [2.75, 3.05) is 5.32 Å². The van der Waals surface area contributed by atoms with Crippen LogP contribution < -0.4 is 5.32 Å². The van der Waals surface area contributed by atoms with Crippen molar-refractivity contribution in [3.63, 3.8) is 0 Å².